The number of nitrogens with one attached hydrogen (secondary N) is 1. The summed E-state index contributed by atoms with van der Waals surface area (Å²) >= 11 is 0. The molecule has 5 nitrogen and oxygen atoms in total. The second-order valence-electron chi connectivity index (χ2n) is 4.26. The van der Waals surface area contributed by atoms with Crippen molar-refractivity contribution in [1.82, 2.24) is 15.1 Å². The molecule has 0 aromatic carbocycles. The number of hydrogen-bond acceptors (Lipinski definition) is 3. The van der Waals surface area contributed by atoms with Gasteiger partial charge >= 0.3 is 6.03 Å². The number of carbonyl (C=O) groups is 2. The summed E-state index contributed by atoms with van der Waals surface area (Å²) in [5.41, 5.74) is 0. The molecule has 1 N–H and O–H groups in total. The van der Waals surface area contributed by atoms with E-state index < -0.39 is 0 Å². The van der Waals surface area contributed by atoms with E-state index in [1.165, 1.54) is 4.90 Å². The largest absolute Gasteiger partial charge is 0.327 e. The molecule has 2 aliphatic heterocycles. The van der Waals surface area contributed by atoms with E-state index in [4.69, 9.17) is 0 Å². The van der Waals surface area contributed by atoms with Gasteiger partial charge in [0.1, 0.15) is 6.04 Å². The van der Waals surface area contributed by atoms with E-state index in [0.717, 1.165) is 25.9 Å². The van der Waals surface area contributed by atoms with Crippen molar-refractivity contribution >= 4 is 11.9 Å². The van der Waals surface area contributed by atoms with Gasteiger partial charge in [-0.25, -0.2) is 4.79 Å². The molecule has 2 heterocycles. The minimum atomic E-state index is -0.299. The predicted molar refractivity (Wildman–Crippen MR) is 55.4 cm³/mol. The minimum absolute atomic E-state index is 0.0921. The fourth-order valence-corrected chi connectivity index (χ4v) is 2.38. The zero-order valence-corrected chi connectivity index (χ0v) is 9.19. The summed E-state index contributed by atoms with van der Waals surface area (Å²) in [5, 5.41) is 3.26. The van der Waals surface area contributed by atoms with E-state index >= 15 is 0 Å². The predicted octanol–water partition coefficient (Wildman–Crippen LogP) is 0.0209. The Labute approximate surface area is 89.4 Å². The maximum Gasteiger partial charge on any atom is 0.327 e. The summed E-state index contributed by atoms with van der Waals surface area (Å²) in [4.78, 5) is 26.4. The molecule has 0 aromatic heterocycles. The molecule has 2 atom stereocenters. The third-order valence-corrected chi connectivity index (χ3v) is 3.28. The highest BCUT2D eigenvalue weighted by atomic mass is 16.2. The Morgan fingerprint density at radius 1 is 1.40 bits per heavy atom. The topological polar surface area (TPSA) is 52.7 Å². The van der Waals surface area contributed by atoms with Crippen LogP contribution in [-0.4, -0.2) is 54.0 Å². The highest BCUT2D eigenvalue weighted by Crippen LogP contribution is 2.22. The van der Waals surface area contributed by atoms with Crippen molar-refractivity contribution in [2.45, 2.75) is 31.8 Å². The van der Waals surface area contributed by atoms with Crippen molar-refractivity contribution in [3.63, 3.8) is 0 Å². The van der Waals surface area contributed by atoms with Crippen molar-refractivity contribution < 1.29 is 9.59 Å². The van der Waals surface area contributed by atoms with Gasteiger partial charge in [0.05, 0.1) is 0 Å². The molecule has 2 unspecified atom stereocenters. The van der Waals surface area contributed by atoms with Gasteiger partial charge in [-0.1, -0.05) is 0 Å². The van der Waals surface area contributed by atoms with Crippen LogP contribution in [0.5, 0.6) is 0 Å². The van der Waals surface area contributed by atoms with Gasteiger partial charge in [0.15, 0.2) is 0 Å². The molecule has 2 aliphatic rings. The number of nitrogens with zero attached hydrogens (tertiary/aromatic N) is 2. The molecular weight excluding hydrogens is 194 g/mol. The van der Waals surface area contributed by atoms with Crippen LogP contribution in [0, 0.1) is 0 Å². The monoisotopic (exact) mass is 211 g/mol. The van der Waals surface area contributed by atoms with Gasteiger partial charge in [-0.15, -0.1) is 0 Å². The second kappa shape index (κ2) is 3.81. The van der Waals surface area contributed by atoms with Crippen LogP contribution in [0.25, 0.3) is 0 Å². The quantitative estimate of drug-likeness (QED) is 0.622. The zero-order valence-electron chi connectivity index (χ0n) is 9.19. The average molecular weight is 211 g/mol. The summed E-state index contributed by atoms with van der Waals surface area (Å²) in [6.07, 6.45) is 2.06. The van der Waals surface area contributed by atoms with Gasteiger partial charge in [0.25, 0.3) is 5.91 Å². The van der Waals surface area contributed by atoms with E-state index in [1.807, 2.05) is 0 Å². The molecule has 0 bridgehead atoms. The lowest BCUT2D eigenvalue weighted by Crippen LogP contribution is -2.49. The van der Waals surface area contributed by atoms with Crippen LogP contribution in [0.4, 0.5) is 4.79 Å². The summed E-state index contributed by atoms with van der Waals surface area (Å²) in [6.45, 7) is 3.62. The maximum absolute atomic E-state index is 11.8. The molecule has 0 aromatic rings. The lowest BCUT2D eigenvalue weighted by atomic mass is 10.1. The molecule has 84 valence electrons. The third kappa shape index (κ3) is 1.61. The van der Waals surface area contributed by atoms with Gasteiger partial charge in [-0.05, 0) is 26.3 Å². The Bertz CT molecular complexity index is 286. The standard InChI is InChI=1S/C10H17N3O2/c1-7-9(14)12(2)10(15)13(7)8-4-3-5-11-6-8/h7-8,11H,3-6H2,1-2H3. The first-order valence-electron chi connectivity index (χ1n) is 5.43. The molecular formula is C10H17N3O2. The third-order valence-electron chi connectivity index (χ3n) is 3.28. The zero-order chi connectivity index (χ0) is 11.0. The van der Waals surface area contributed by atoms with E-state index in [2.05, 4.69) is 5.32 Å². The van der Waals surface area contributed by atoms with E-state index in [0.29, 0.717) is 0 Å². The van der Waals surface area contributed by atoms with E-state index in [9.17, 15) is 9.59 Å². The Morgan fingerprint density at radius 2 is 2.13 bits per heavy atom. The summed E-state index contributed by atoms with van der Waals surface area (Å²) in [6, 6.07) is -0.274. The maximum atomic E-state index is 11.8. The first-order chi connectivity index (χ1) is 7.13. The molecule has 0 saturated carbocycles. The van der Waals surface area contributed by atoms with Crippen LogP contribution < -0.4 is 5.32 Å². The Morgan fingerprint density at radius 3 is 2.60 bits per heavy atom. The molecule has 2 fully saturated rings. The number of piperidine rings is 1. The number of amides is 3. The second-order valence-corrected chi connectivity index (χ2v) is 4.26. The molecule has 0 aliphatic carbocycles. The molecule has 2 saturated heterocycles. The number of carbonyl (C=O) groups excluding carboxylic acids is 2. The smallest absolute Gasteiger partial charge is 0.315 e. The molecule has 0 spiro atoms. The number of rotatable bonds is 1. The lowest BCUT2D eigenvalue weighted by molar-refractivity contribution is -0.127. The van der Waals surface area contributed by atoms with Crippen molar-refractivity contribution in [1.29, 1.82) is 0 Å². The Hall–Kier alpha value is -1.10. The normalized spacial score (nSPS) is 32.7. The fraction of sp³-hybridized carbons (Fsp3) is 0.800. The number of hydrogen-bond donors (Lipinski definition) is 1. The summed E-state index contributed by atoms with van der Waals surface area (Å²) in [5.74, 6) is -0.0921. The SMILES string of the molecule is CC1C(=O)N(C)C(=O)N1C1CCCNC1. The van der Waals surface area contributed by atoms with Crippen molar-refractivity contribution in [3.8, 4) is 0 Å². The van der Waals surface area contributed by atoms with Gasteiger partial charge in [-0.3, -0.25) is 9.69 Å². The van der Waals surface area contributed by atoms with Crippen LogP contribution in [0.2, 0.25) is 0 Å². The molecule has 2 rings (SSSR count). The van der Waals surface area contributed by atoms with Gasteiger partial charge in [0, 0.05) is 19.6 Å². The van der Waals surface area contributed by atoms with Gasteiger partial charge < -0.3 is 10.2 Å². The first kappa shape index (κ1) is 10.4. The molecule has 0 radical (unpaired) electrons. The van der Waals surface area contributed by atoms with Crippen LogP contribution >= 0.6 is 0 Å². The number of imide groups is 1. The van der Waals surface area contributed by atoms with Crippen molar-refractivity contribution in [2.75, 3.05) is 20.1 Å². The van der Waals surface area contributed by atoms with Gasteiger partial charge in [0.2, 0.25) is 0 Å². The first-order valence-corrected chi connectivity index (χ1v) is 5.43. The Balaban J connectivity index is 2.14. The molecule has 5 heteroatoms. The number of urea groups is 1. The van der Waals surface area contributed by atoms with Crippen molar-refractivity contribution in [3.05, 3.63) is 0 Å². The highest BCUT2D eigenvalue weighted by molar-refractivity contribution is 6.03. The van der Waals surface area contributed by atoms with Crippen LogP contribution in [0.3, 0.4) is 0 Å². The van der Waals surface area contributed by atoms with Crippen LogP contribution in [0.15, 0.2) is 0 Å². The summed E-state index contributed by atoms with van der Waals surface area (Å²) in [7, 11) is 1.55. The minimum Gasteiger partial charge on any atom is -0.315 e. The Kier molecular flexibility index (Phi) is 2.65. The van der Waals surface area contributed by atoms with E-state index in [1.54, 1.807) is 18.9 Å². The van der Waals surface area contributed by atoms with Crippen LogP contribution in [0.1, 0.15) is 19.8 Å². The molecule has 3 amide bonds. The highest BCUT2D eigenvalue weighted by Gasteiger charge is 2.43. The van der Waals surface area contributed by atoms with Crippen LogP contribution in [-0.2, 0) is 4.79 Å². The fourth-order valence-electron chi connectivity index (χ4n) is 2.38. The lowest BCUT2D eigenvalue weighted by Gasteiger charge is -2.32. The van der Waals surface area contributed by atoms with E-state index in [-0.39, 0.29) is 24.0 Å². The number of likely N-dealkylation sites (N-methyl/N-ethyl adjacent to an activating group) is 1. The average Bonchev–Trinajstić information content (AvgIpc) is 2.45. The van der Waals surface area contributed by atoms with Gasteiger partial charge in [-0.2, -0.15) is 0 Å². The molecule has 15 heavy (non-hydrogen) atoms. The summed E-state index contributed by atoms with van der Waals surface area (Å²) < 4.78 is 0. The van der Waals surface area contributed by atoms with Crippen molar-refractivity contribution in [2.24, 2.45) is 0 Å².